The Balaban J connectivity index is 0.000000902. The second-order valence-electron chi connectivity index (χ2n) is 10.1. The number of carbonyl (C=O) groups excluding carboxylic acids is 2. The highest BCUT2D eigenvalue weighted by Gasteiger charge is 2.28. The predicted molar refractivity (Wildman–Crippen MR) is 155 cm³/mol. The molecule has 4 heterocycles. The summed E-state index contributed by atoms with van der Waals surface area (Å²) in [6, 6.07) is 6.04. The molecule has 11 heteroatoms. The smallest absolute Gasteiger partial charge is 0.264 e. The van der Waals surface area contributed by atoms with Crippen molar-refractivity contribution in [3.8, 4) is 29.0 Å². The van der Waals surface area contributed by atoms with E-state index >= 15 is 0 Å². The maximum Gasteiger partial charge on any atom is 0.264 e. The molecule has 0 aliphatic carbocycles. The monoisotopic (exact) mass is 561 g/mol. The van der Waals surface area contributed by atoms with E-state index in [0.29, 0.717) is 42.8 Å². The van der Waals surface area contributed by atoms with Crippen molar-refractivity contribution in [1.82, 2.24) is 24.3 Å². The van der Waals surface area contributed by atoms with E-state index in [2.05, 4.69) is 16.3 Å². The Bertz CT molecular complexity index is 1480. The van der Waals surface area contributed by atoms with E-state index in [4.69, 9.17) is 4.74 Å². The van der Waals surface area contributed by atoms with Gasteiger partial charge in [0.05, 0.1) is 31.1 Å². The molecule has 1 saturated heterocycles. The molecule has 0 saturated carbocycles. The summed E-state index contributed by atoms with van der Waals surface area (Å²) in [5.41, 5.74) is 2.56. The fraction of sp³-hybridized carbons (Fsp3) is 0.467. The lowest BCUT2D eigenvalue weighted by Crippen LogP contribution is -2.40. The molecule has 1 amide bonds. The Morgan fingerprint density at radius 3 is 2.27 bits per heavy atom. The van der Waals surface area contributed by atoms with Crippen LogP contribution in [0.15, 0.2) is 36.3 Å². The summed E-state index contributed by atoms with van der Waals surface area (Å²) in [6.45, 7) is 13.1. The van der Waals surface area contributed by atoms with Crippen LogP contribution in [0, 0.1) is 29.6 Å². The number of fused-ring (bicyclic) bond motifs is 1. The van der Waals surface area contributed by atoms with Gasteiger partial charge < -0.3 is 19.5 Å². The molecule has 1 N–H and O–H groups in total. The number of amides is 1. The van der Waals surface area contributed by atoms with Crippen LogP contribution < -0.4 is 4.74 Å². The van der Waals surface area contributed by atoms with Crippen LogP contribution in [0.1, 0.15) is 71.7 Å². The SMILES string of the molecule is CC.CC(C)=O.COc1cc(-c2cnn(C3CCN(C(=O)/C(C#N)=C/C(C)(C)O)CC3)c2C)cn2ncc(C#N)c12. The normalized spacial score (nSPS) is 13.7. The molecule has 0 radical (unpaired) electrons. The van der Waals surface area contributed by atoms with Gasteiger partial charge in [-0.1, -0.05) is 13.8 Å². The van der Waals surface area contributed by atoms with E-state index in [0.717, 1.165) is 16.8 Å². The van der Waals surface area contributed by atoms with Gasteiger partial charge in [-0.05, 0) is 59.6 Å². The average molecular weight is 562 g/mol. The molecule has 0 spiro atoms. The molecule has 3 aromatic rings. The van der Waals surface area contributed by atoms with Crippen molar-refractivity contribution in [2.45, 2.75) is 73.0 Å². The average Bonchev–Trinajstić information content (AvgIpc) is 3.54. The zero-order valence-corrected chi connectivity index (χ0v) is 25.1. The molecule has 0 atom stereocenters. The van der Waals surface area contributed by atoms with Crippen LogP contribution in [0.25, 0.3) is 16.6 Å². The standard InChI is InChI=1S/C25H27N7O3.C3H6O.C2H6/c1-16-21(17-9-22(35-4)23-19(12-27)13-28-31(23)15-17)14-29-32(16)20-5-7-30(8-6-20)24(33)18(11-26)10-25(2,3)34;1-3(2)4;1-2/h9-10,13-15,20,34H,5-8H2,1-4H3;1-2H3;1-2H3/b18-10+;;. The highest BCUT2D eigenvalue weighted by molar-refractivity contribution is 5.97. The Morgan fingerprint density at radius 1 is 1.15 bits per heavy atom. The lowest BCUT2D eigenvalue weighted by Gasteiger charge is -2.32. The van der Waals surface area contributed by atoms with Crippen LogP contribution in [0.5, 0.6) is 5.75 Å². The first-order valence-electron chi connectivity index (χ1n) is 13.5. The number of nitrogens with zero attached hydrogens (tertiary/aromatic N) is 7. The van der Waals surface area contributed by atoms with E-state index in [9.17, 15) is 25.2 Å². The first-order valence-corrected chi connectivity index (χ1v) is 13.5. The summed E-state index contributed by atoms with van der Waals surface area (Å²) >= 11 is 0. The van der Waals surface area contributed by atoms with Crippen molar-refractivity contribution in [3.63, 3.8) is 0 Å². The number of aromatic nitrogens is 4. The number of ketones is 1. The van der Waals surface area contributed by atoms with Gasteiger partial charge in [0.2, 0.25) is 0 Å². The van der Waals surface area contributed by atoms with Gasteiger partial charge in [0.25, 0.3) is 5.91 Å². The number of pyridine rings is 1. The minimum Gasteiger partial charge on any atom is -0.494 e. The fourth-order valence-electron chi connectivity index (χ4n) is 4.52. The van der Waals surface area contributed by atoms with Gasteiger partial charge in [-0.15, -0.1) is 0 Å². The summed E-state index contributed by atoms with van der Waals surface area (Å²) in [7, 11) is 1.56. The summed E-state index contributed by atoms with van der Waals surface area (Å²) in [5.74, 6) is 0.366. The van der Waals surface area contributed by atoms with Gasteiger partial charge in [-0.2, -0.15) is 20.7 Å². The number of Topliss-reactive ketones (excluding diaryl/α,β-unsaturated/α-hetero) is 1. The minimum atomic E-state index is -1.24. The summed E-state index contributed by atoms with van der Waals surface area (Å²) in [6.07, 6.45) is 7.87. The van der Waals surface area contributed by atoms with Gasteiger partial charge in [0.1, 0.15) is 40.3 Å². The molecular weight excluding hydrogens is 522 g/mol. The second-order valence-corrected chi connectivity index (χ2v) is 10.1. The number of ether oxygens (including phenoxy) is 1. The Kier molecular flexibility index (Phi) is 11.4. The third-order valence-electron chi connectivity index (χ3n) is 6.22. The number of carbonyl (C=O) groups is 2. The third-order valence-corrected chi connectivity index (χ3v) is 6.22. The van der Waals surface area contributed by atoms with Crippen LogP contribution in [0.4, 0.5) is 0 Å². The summed E-state index contributed by atoms with van der Waals surface area (Å²) in [5, 5.41) is 37.6. The number of likely N-dealkylation sites (tertiary alicyclic amines) is 1. The lowest BCUT2D eigenvalue weighted by atomic mass is 10.0. The number of rotatable bonds is 5. The topological polar surface area (TPSA) is 150 Å². The zero-order chi connectivity index (χ0) is 30.9. The molecule has 4 rings (SSSR count). The quantitative estimate of drug-likeness (QED) is 0.356. The largest absolute Gasteiger partial charge is 0.494 e. The third kappa shape index (κ3) is 8.03. The summed E-state index contributed by atoms with van der Waals surface area (Å²) < 4.78 is 9.15. The molecule has 1 aliphatic rings. The van der Waals surface area contributed by atoms with Crippen LogP contribution in [-0.2, 0) is 9.59 Å². The Morgan fingerprint density at radius 2 is 1.76 bits per heavy atom. The molecule has 0 unspecified atom stereocenters. The molecule has 11 nitrogen and oxygen atoms in total. The molecule has 1 fully saturated rings. The first-order chi connectivity index (χ1) is 19.4. The van der Waals surface area contributed by atoms with E-state index < -0.39 is 5.60 Å². The fourth-order valence-corrected chi connectivity index (χ4v) is 4.52. The Hall–Kier alpha value is -4.48. The number of methoxy groups -OCH3 is 1. The molecule has 0 bridgehead atoms. The number of aliphatic hydroxyl groups is 1. The van der Waals surface area contributed by atoms with E-state index in [1.165, 1.54) is 40.0 Å². The van der Waals surface area contributed by atoms with E-state index in [1.54, 1.807) is 16.5 Å². The number of nitriles is 2. The molecular formula is C30H39N7O4. The van der Waals surface area contributed by atoms with Gasteiger partial charge in [-0.25, -0.2) is 4.52 Å². The van der Waals surface area contributed by atoms with E-state index in [-0.39, 0.29) is 23.3 Å². The maximum absolute atomic E-state index is 12.8. The van der Waals surface area contributed by atoms with Crippen molar-refractivity contribution in [1.29, 1.82) is 10.5 Å². The molecule has 0 aromatic carbocycles. The predicted octanol–water partition coefficient (Wildman–Crippen LogP) is 4.39. The van der Waals surface area contributed by atoms with Gasteiger partial charge >= 0.3 is 0 Å². The summed E-state index contributed by atoms with van der Waals surface area (Å²) in [4.78, 5) is 23.9. The maximum atomic E-state index is 12.8. The second kappa shape index (κ2) is 14.2. The first kappa shape index (κ1) is 32.7. The molecule has 1 aliphatic heterocycles. The van der Waals surface area contributed by atoms with Gasteiger partial charge in [0.15, 0.2) is 0 Å². The van der Waals surface area contributed by atoms with Crippen molar-refractivity contribution >= 4 is 17.2 Å². The van der Waals surface area contributed by atoms with Crippen LogP contribution in [-0.4, -0.2) is 66.9 Å². The van der Waals surface area contributed by atoms with Crippen molar-refractivity contribution < 1.29 is 19.4 Å². The highest BCUT2D eigenvalue weighted by Crippen LogP contribution is 2.33. The van der Waals surface area contributed by atoms with Crippen molar-refractivity contribution in [2.75, 3.05) is 20.2 Å². The van der Waals surface area contributed by atoms with E-state index in [1.807, 2.05) is 50.0 Å². The zero-order valence-electron chi connectivity index (χ0n) is 25.1. The van der Waals surface area contributed by atoms with Crippen LogP contribution >= 0.6 is 0 Å². The highest BCUT2D eigenvalue weighted by atomic mass is 16.5. The van der Waals surface area contributed by atoms with Crippen LogP contribution in [0.3, 0.4) is 0 Å². The molecule has 3 aromatic heterocycles. The number of hydrogen-bond donors (Lipinski definition) is 1. The molecule has 218 valence electrons. The van der Waals surface area contributed by atoms with Gasteiger partial charge in [-0.3, -0.25) is 9.48 Å². The molecule has 41 heavy (non-hydrogen) atoms. The number of piperidine rings is 1. The van der Waals surface area contributed by atoms with Crippen molar-refractivity contribution in [3.05, 3.63) is 47.6 Å². The Labute approximate surface area is 241 Å². The van der Waals surface area contributed by atoms with Gasteiger partial charge in [0, 0.05) is 36.1 Å². The number of hydrogen-bond acceptors (Lipinski definition) is 8. The lowest BCUT2D eigenvalue weighted by molar-refractivity contribution is -0.128. The van der Waals surface area contributed by atoms with Crippen molar-refractivity contribution in [2.24, 2.45) is 0 Å². The van der Waals surface area contributed by atoms with Crippen LogP contribution in [0.2, 0.25) is 0 Å². The minimum absolute atomic E-state index is 0.0453.